The van der Waals surface area contributed by atoms with E-state index in [1.807, 2.05) is 48.5 Å². The number of ether oxygens (including phenoxy) is 2. The summed E-state index contributed by atoms with van der Waals surface area (Å²) in [5.41, 5.74) is 4.06. The molecule has 8 heteroatoms. The van der Waals surface area contributed by atoms with Crippen molar-refractivity contribution in [3.8, 4) is 11.5 Å². The van der Waals surface area contributed by atoms with Gasteiger partial charge in [0.25, 0.3) is 5.91 Å². The van der Waals surface area contributed by atoms with Crippen LogP contribution >= 0.6 is 23.2 Å². The molecular weight excluding hydrogens is 511 g/mol. The van der Waals surface area contributed by atoms with Gasteiger partial charge in [-0.15, -0.1) is 6.58 Å². The lowest BCUT2D eigenvalue weighted by molar-refractivity contribution is -0.123. The van der Waals surface area contributed by atoms with Gasteiger partial charge < -0.3 is 9.47 Å². The van der Waals surface area contributed by atoms with E-state index in [4.69, 9.17) is 32.7 Å². The van der Waals surface area contributed by atoms with Gasteiger partial charge in [-0.25, -0.2) is 10.2 Å². The zero-order valence-electron chi connectivity index (χ0n) is 19.6. The average Bonchev–Trinajstić information content (AvgIpc) is 2.89. The fourth-order valence-electron chi connectivity index (χ4n) is 3.62. The standard InChI is InChI=1S/C29H22Cl2N2O4/c1-2-7-20-9-4-6-11-26(20)36-18-28(34)33-32-17-24-22-10-5-3-8-19(22)12-15-27(24)37-29(35)23-14-13-21(30)16-25(23)31/h2-6,8-17H,1,7,18H2,(H,33,34)/b32-17-. The highest BCUT2D eigenvalue weighted by Crippen LogP contribution is 2.29. The van der Waals surface area contributed by atoms with Gasteiger partial charge in [-0.1, -0.05) is 77.8 Å². The Morgan fingerprint density at radius 3 is 2.54 bits per heavy atom. The Bertz CT molecular complexity index is 1500. The predicted molar refractivity (Wildman–Crippen MR) is 147 cm³/mol. The van der Waals surface area contributed by atoms with Crippen LogP contribution in [-0.4, -0.2) is 24.7 Å². The SMILES string of the molecule is C=CCc1ccccc1OCC(=O)N/N=C\c1c(OC(=O)c2ccc(Cl)cc2Cl)ccc2ccccc12. The summed E-state index contributed by atoms with van der Waals surface area (Å²) in [6.45, 7) is 3.51. The molecule has 0 fully saturated rings. The van der Waals surface area contributed by atoms with E-state index in [9.17, 15) is 9.59 Å². The smallest absolute Gasteiger partial charge is 0.345 e. The fourth-order valence-corrected chi connectivity index (χ4v) is 4.11. The molecule has 4 aromatic rings. The Balaban J connectivity index is 1.51. The third-order valence-corrected chi connectivity index (χ3v) is 5.91. The van der Waals surface area contributed by atoms with Gasteiger partial charge in [-0.05, 0) is 53.1 Å². The quantitative estimate of drug-likeness (QED) is 0.0862. The number of allylic oxidation sites excluding steroid dienone is 1. The molecule has 0 heterocycles. The number of carbonyl (C=O) groups excluding carboxylic acids is 2. The second kappa shape index (κ2) is 12.2. The van der Waals surface area contributed by atoms with Crippen LogP contribution in [0.2, 0.25) is 10.0 Å². The zero-order chi connectivity index (χ0) is 26.2. The normalized spacial score (nSPS) is 10.9. The van der Waals surface area contributed by atoms with E-state index >= 15 is 0 Å². The average molecular weight is 533 g/mol. The predicted octanol–water partition coefficient (Wildman–Crippen LogP) is 6.62. The number of benzene rings is 4. The molecule has 1 amide bonds. The molecule has 0 saturated carbocycles. The third-order valence-electron chi connectivity index (χ3n) is 5.36. The molecule has 0 unspecified atom stereocenters. The lowest BCUT2D eigenvalue weighted by Gasteiger charge is -2.11. The minimum atomic E-state index is -0.651. The number of rotatable bonds is 9. The van der Waals surface area contributed by atoms with Crippen molar-refractivity contribution in [3.05, 3.63) is 118 Å². The summed E-state index contributed by atoms with van der Waals surface area (Å²) < 4.78 is 11.3. The maximum atomic E-state index is 12.8. The van der Waals surface area contributed by atoms with Gasteiger partial charge in [0.1, 0.15) is 11.5 Å². The van der Waals surface area contributed by atoms with Crippen LogP contribution in [0.15, 0.2) is 96.6 Å². The lowest BCUT2D eigenvalue weighted by atomic mass is 10.0. The Labute approximate surface area is 224 Å². The van der Waals surface area contributed by atoms with E-state index in [0.29, 0.717) is 22.8 Å². The number of halogens is 2. The van der Waals surface area contributed by atoms with Crippen LogP contribution in [0.5, 0.6) is 11.5 Å². The van der Waals surface area contributed by atoms with Gasteiger partial charge in [0.15, 0.2) is 6.61 Å². The molecular formula is C29H22Cl2N2O4. The van der Waals surface area contributed by atoms with E-state index in [-0.39, 0.29) is 22.9 Å². The van der Waals surface area contributed by atoms with Gasteiger partial charge in [-0.2, -0.15) is 5.10 Å². The molecule has 37 heavy (non-hydrogen) atoms. The van der Waals surface area contributed by atoms with Crippen molar-refractivity contribution in [1.82, 2.24) is 5.43 Å². The fraction of sp³-hybridized carbons (Fsp3) is 0.0690. The number of nitrogens with zero attached hydrogens (tertiary/aromatic N) is 1. The van der Waals surface area contributed by atoms with Gasteiger partial charge in [0.2, 0.25) is 0 Å². The molecule has 0 aliphatic carbocycles. The topological polar surface area (TPSA) is 77.0 Å². The number of nitrogens with one attached hydrogen (secondary N) is 1. The molecule has 4 rings (SSSR count). The highest BCUT2D eigenvalue weighted by atomic mass is 35.5. The number of fused-ring (bicyclic) bond motifs is 1. The highest BCUT2D eigenvalue weighted by molar-refractivity contribution is 6.36. The largest absolute Gasteiger partial charge is 0.483 e. The zero-order valence-corrected chi connectivity index (χ0v) is 21.1. The molecule has 0 aromatic heterocycles. The summed E-state index contributed by atoms with van der Waals surface area (Å²) in [6, 6.07) is 23.0. The lowest BCUT2D eigenvalue weighted by Crippen LogP contribution is -2.25. The molecule has 0 aliphatic heterocycles. The third kappa shape index (κ3) is 6.55. The van der Waals surface area contributed by atoms with Crippen LogP contribution in [0, 0.1) is 0 Å². The van der Waals surface area contributed by atoms with Crippen molar-refractivity contribution in [1.29, 1.82) is 0 Å². The second-order valence-electron chi connectivity index (χ2n) is 7.89. The first kappa shape index (κ1) is 25.9. The van der Waals surface area contributed by atoms with Gasteiger partial charge in [0.05, 0.1) is 16.8 Å². The molecule has 186 valence electrons. The number of para-hydroxylation sites is 1. The highest BCUT2D eigenvalue weighted by Gasteiger charge is 2.16. The number of hydrogen-bond donors (Lipinski definition) is 1. The van der Waals surface area contributed by atoms with Gasteiger partial charge in [-0.3, -0.25) is 4.79 Å². The molecule has 0 bridgehead atoms. The van der Waals surface area contributed by atoms with Crippen molar-refractivity contribution in [3.63, 3.8) is 0 Å². The molecule has 0 aliphatic rings. The van der Waals surface area contributed by atoms with Crippen molar-refractivity contribution in [2.75, 3.05) is 6.61 Å². The monoisotopic (exact) mass is 532 g/mol. The van der Waals surface area contributed by atoms with E-state index in [1.54, 1.807) is 24.3 Å². The number of carbonyl (C=O) groups is 2. The van der Waals surface area contributed by atoms with E-state index < -0.39 is 11.9 Å². The summed E-state index contributed by atoms with van der Waals surface area (Å²) in [5.74, 6) is -0.244. The Morgan fingerprint density at radius 2 is 1.73 bits per heavy atom. The Morgan fingerprint density at radius 1 is 0.946 bits per heavy atom. The maximum Gasteiger partial charge on any atom is 0.345 e. The summed E-state index contributed by atoms with van der Waals surface area (Å²) in [4.78, 5) is 25.2. The van der Waals surface area contributed by atoms with E-state index in [2.05, 4.69) is 17.1 Å². The van der Waals surface area contributed by atoms with Crippen LogP contribution in [-0.2, 0) is 11.2 Å². The van der Waals surface area contributed by atoms with Crippen molar-refractivity contribution in [2.24, 2.45) is 5.10 Å². The first-order valence-electron chi connectivity index (χ1n) is 11.3. The van der Waals surface area contributed by atoms with Crippen LogP contribution in [0.25, 0.3) is 10.8 Å². The molecule has 0 radical (unpaired) electrons. The van der Waals surface area contributed by atoms with Crippen LogP contribution in [0.4, 0.5) is 0 Å². The summed E-state index contributed by atoms with van der Waals surface area (Å²) in [6.07, 6.45) is 3.82. The van der Waals surface area contributed by atoms with Crippen molar-refractivity contribution >= 4 is 52.1 Å². The molecule has 6 nitrogen and oxygen atoms in total. The minimum Gasteiger partial charge on any atom is -0.483 e. The first-order chi connectivity index (χ1) is 18.0. The number of hydrazone groups is 1. The first-order valence-corrected chi connectivity index (χ1v) is 12.0. The molecule has 4 aromatic carbocycles. The van der Waals surface area contributed by atoms with Gasteiger partial charge in [0, 0.05) is 10.6 Å². The molecule has 1 N–H and O–H groups in total. The number of esters is 1. The second-order valence-corrected chi connectivity index (χ2v) is 8.74. The summed E-state index contributed by atoms with van der Waals surface area (Å²) in [7, 11) is 0. The van der Waals surface area contributed by atoms with Crippen LogP contribution in [0.3, 0.4) is 0 Å². The van der Waals surface area contributed by atoms with Crippen LogP contribution in [0.1, 0.15) is 21.5 Å². The molecule has 0 saturated heterocycles. The number of amides is 1. The van der Waals surface area contributed by atoms with E-state index in [1.165, 1.54) is 18.3 Å². The molecule has 0 spiro atoms. The number of hydrogen-bond acceptors (Lipinski definition) is 5. The Hall–Kier alpha value is -4.13. The minimum absolute atomic E-state index is 0.171. The summed E-state index contributed by atoms with van der Waals surface area (Å²) in [5, 5.41) is 6.34. The summed E-state index contributed by atoms with van der Waals surface area (Å²) >= 11 is 12.1. The van der Waals surface area contributed by atoms with Crippen LogP contribution < -0.4 is 14.9 Å². The van der Waals surface area contributed by atoms with Crippen molar-refractivity contribution in [2.45, 2.75) is 6.42 Å². The Kier molecular flexibility index (Phi) is 8.56. The van der Waals surface area contributed by atoms with Gasteiger partial charge >= 0.3 is 5.97 Å². The maximum absolute atomic E-state index is 12.8. The van der Waals surface area contributed by atoms with E-state index in [0.717, 1.165) is 16.3 Å². The molecule has 0 atom stereocenters. The van der Waals surface area contributed by atoms with Crippen molar-refractivity contribution < 1.29 is 19.1 Å².